The molecule has 2 rings (SSSR count). The van der Waals surface area contributed by atoms with Gasteiger partial charge in [0.25, 0.3) is 5.91 Å². The Morgan fingerprint density at radius 3 is 2.65 bits per heavy atom. The molecule has 7 heteroatoms. The third kappa shape index (κ3) is 6.96. The van der Waals surface area contributed by atoms with E-state index in [2.05, 4.69) is 48.7 Å². The van der Waals surface area contributed by atoms with E-state index in [4.69, 9.17) is 0 Å². The minimum absolute atomic E-state index is 0.0701. The van der Waals surface area contributed by atoms with Crippen molar-refractivity contribution in [1.29, 1.82) is 0 Å². The maximum Gasteiger partial charge on any atom is 0.251 e. The Hall–Kier alpha value is -1.60. The van der Waals surface area contributed by atoms with Gasteiger partial charge in [-0.1, -0.05) is 28.9 Å². The first-order chi connectivity index (χ1) is 12.6. The predicted octanol–water partition coefficient (Wildman–Crippen LogP) is 2.22. The van der Waals surface area contributed by atoms with Crippen molar-refractivity contribution < 1.29 is 4.79 Å². The Bertz CT molecular complexity index is 599. The number of benzene rings is 1. The van der Waals surface area contributed by atoms with E-state index in [0.717, 1.165) is 36.4 Å². The van der Waals surface area contributed by atoms with Crippen LogP contribution in [-0.2, 0) is 0 Å². The van der Waals surface area contributed by atoms with E-state index in [1.807, 2.05) is 18.2 Å². The molecule has 0 saturated carbocycles. The van der Waals surface area contributed by atoms with Crippen LogP contribution in [-0.4, -0.2) is 62.6 Å². The van der Waals surface area contributed by atoms with E-state index in [1.54, 1.807) is 13.1 Å². The Balaban J connectivity index is 1.65. The standard InChI is InChI=1S/C19H30BrN5O/c1-3-11-25-12-7-17(8-13-25)24-19(21-2)23-10-9-22-18(26)15-5-4-6-16(20)14-15/h4-6,14,17H,3,7-13H2,1-2H3,(H,22,26)(H2,21,23,24). The monoisotopic (exact) mass is 423 g/mol. The molecule has 0 aromatic heterocycles. The lowest BCUT2D eigenvalue weighted by Crippen LogP contribution is -2.49. The average molecular weight is 424 g/mol. The molecule has 1 saturated heterocycles. The SMILES string of the molecule is CCCN1CCC(NC(=NC)NCCNC(=O)c2cccc(Br)c2)CC1. The first kappa shape index (κ1) is 20.7. The molecule has 1 amide bonds. The zero-order valence-electron chi connectivity index (χ0n) is 15.7. The number of carbonyl (C=O) groups is 1. The van der Waals surface area contributed by atoms with Crippen LogP contribution in [0, 0.1) is 0 Å². The molecule has 3 N–H and O–H groups in total. The Morgan fingerprint density at radius 1 is 1.27 bits per heavy atom. The van der Waals surface area contributed by atoms with Crippen LogP contribution in [0.5, 0.6) is 0 Å². The van der Waals surface area contributed by atoms with E-state index in [1.165, 1.54) is 13.0 Å². The second kappa shape index (κ2) is 11.2. The molecule has 0 atom stereocenters. The summed E-state index contributed by atoms with van der Waals surface area (Å²) in [4.78, 5) is 18.9. The summed E-state index contributed by atoms with van der Waals surface area (Å²) in [6, 6.07) is 7.84. The van der Waals surface area contributed by atoms with Crippen molar-refractivity contribution in [3.8, 4) is 0 Å². The summed E-state index contributed by atoms with van der Waals surface area (Å²) in [5.74, 6) is 0.731. The molecule has 1 aromatic carbocycles. The van der Waals surface area contributed by atoms with Crippen LogP contribution >= 0.6 is 15.9 Å². The molecule has 0 radical (unpaired) electrons. The van der Waals surface area contributed by atoms with Gasteiger partial charge in [0.2, 0.25) is 0 Å². The molecule has 1 aliphatic rings. The number of hydrogen-bond acceptors (Lipinski definition) is 3. The van der Waals surface area contributed by atoms with Crippen LogP contribution in [0.4, 0.5) is 0 Å². The fourth-order valence-corrected chi connectivity index (χ4v) is 3.49. The molecule has 6 nitrogen and oxygen atoms in total. The molecule has 144 valence electrons. The van der Waals surface area contributed by atoms with Crippen molar-refractivity contribution >= 4 is 27.8 Å². The number of nitrogens with zero attached hydrogens (tertiary/aromatic N) is 2. The van der Waals surface area contributed by atoms with E-state index in [9.17, 15) is 4.79 Å². The summed E-state index contributed by atoms with van der Waals surface area (Å²) in [6.07, 6.45) is 3.49. The van der Waals surface area contributed by atoms with E-state index < -0.39 is 0 Å². The van der Waals surface area contributed by atoms with Crippen LogP contribution in [0.15, 0.2) is 33.7 Å². The van der Waals surface area contributed by atoms with Crippen molar-refractivity contribution in [3.63, 3.8) is 0 Å². The minimum atomic E-state index is -0.0701. The van der Waals surface area contributed by atoms with Gasteiger partial charge < -0.3 is 20.9 Å². The van der Waals surface area contributed by atoms with Crippen LogP contribution in [0.1, 0.15) is 36.5 Å². The normalized spacial score (nSPS) is 16.3. The van der Waals surface area contributed by atoms with Gasteiger partial charge in [-0.15, -0.1) is 0 Å². The number of aliphatic imine (C=N–C) groups is 1. The molecule has 1 aliphatic heterocycles. The zero-order valence-corrected chi connectivity index (χ0v) is 17.3. The first-order valence-electron chi connectivity index (χ1n) is 9.35. The van der Waals surface area contributed by atoms with Crippen molar-refractivity contribution in [1.82, 2.24) is 20.9 Å². The molecule has 0 aliphatic carbocycles. The number of nitrogens with one attached hydrogen (secondary N) is 3. The van der Waals surface area contributed by atoms with Gasteiger partial charge in [-0.05, 0) is 44.0 Å². The lowest BCUT2D eigenvalue weighted by molar-refractivity contribution is 0.0954. The fraction of sp³-hybridized carbons (Fsp3) is 0.579. The number of guanidine groups is 1. The minimum Gasteiger partial charge on any atom is -0.355 e. The Kier molecular flexibility index (Phi) is 8.91. The van der Waals surface area contributed by atoms with Crippen LogP contribution in [0.3, 0.4) is 0 Å². The smallest absolute Gasteiger partial charge is 0.251 e. The molecule has 0 unspecified atom stereocenters. The number of hydrogen-bond donors (Lipinski definition) is 3. The average Bonchev–Trinajstić information content (AvgIpc) is 2.65. The number of carbonyl (C=O) groups excluding carboxylic acids is 1. The second-order valence-electron chi connectivity index (χ2n) is 6.53. The highest BCUT2D eigenvalue weighted by molar-refractivity contribution is 9.10. The quantitative estimate of drug-likeness (QED) is 0.357. The summed E-state index contributed by atoms with van der Waals surface area (Å²) in [6.45, 7) is 6.88. The lowest BCUT2D eigenvalue weighted by atomic mass is 10.1. The topological polar surface area (TPSA) is 68.8 Å². The third-order valence-corrected chi connectivity index (χ3v) is 4.97. The molecular weight excluding hydrogens is 394 g/mol. The van der Waals surface area contributed by atoms with Crippen molar-refractivity contribution in [3.05, 3.63) is 34.3 Å². The highest BCUT2D eigenvalue weighted by Gasteiger charge is 2.19. The highest BCUT2D eigenvalue weighted by Crippen LogP contribution is 2.11. The summed E-state index contributed by atoms with van der Waals surface area (Å²) >= 11 is 3.38. The molecule has 0 spiro atoms. The van der Waals surface area contributed by atoms with Crippen molar-refractivity contribution in [2.24, 2.45) is 4.99 Å². The van der Waals surface area contributed by atoms with Gasteiger partial charge in [-0.2, -0.15) is 0 Å². The maximum absolute atomic E-state index is 12.1. The van der Waals surface area contributed by atoms with Crippen LogP contribution < -0.4 is 16.0 Å². The van der Waals surface area contributed by atoms with Gasteiger partial charge in [0.15, 0.2) is 5.96 Å². The third-order valence-electron chi connectivity index (χ3n) is 4.48. The molecular formula is C19H30BrN5O. The van der Waals surface area contributed by atoms with E-state index >= 15 is 0 Å². The summed E-state index contributed by atoms with van der Waals surface area (Å²) in [7, 11) is 1.78. The van der Waals surface area contributed by atoms with Gasteiger partial charge in [-0.3, -0.25) is 9.79 Å². The van der Waals surface area contributed by atoms with Gasteiger partial charge in [0.05, 0.1) is 0 Å². The zero-order chi connectivity index (χ0) is 18.8. The first-order valence-corrected chi connectivity index (χ1v) is 10.1. The van der Waals surface area contributed by atoms with Crippen LogP contribution in [0.25, 0.3) is 0 Å². The molecule has 26 heavy (non-hydrogen) atoms. The van der Waals surface area contributed by atoms with Crippen molar-refractivity contribution in [2.45, 2.75) is 32.2 Å². The predicted molar refractivity (Wildman–Crippen MR) is 111 cm³/mol. The van der Waals surface area contributed by atoms with Gasteiger partial charge >= 0.3 is 0 Å². The number of halogens is 1. The number of piperidine rings is 1. The van der Waals surface area contributed by atoms with E-state index in [-0.39, 0.29) is 5.91 Å². The second-order valence-corrected chi connectivity index (χ2v) is 7.44. The fourth-order valence-electron chi connectivity index (χ4n) is 3.09. The largest absolute Gasteiger partial charge is 0.355 e. The summed E-state index contributed by atoms with van der Waals surface area (Å²) in [5.41, 5.74) is 0.653. The van der Waals surface area contributed by atoms with Gasteiger partial charge in [0.1, 0.15) is 0 Å². The van der Waals surface area contributed by atoms with E-state index in [0.29, 0.717) is 24.7 Å². The highest BCUT2D eigenvalue weighted by atomic mass is 79.9. The Labute approximate surface area is 165 Å². The van der Waals surface area contributed by atoms with Gasteiger partial charge in [0, 0.05) is 49.3 Å². The molecule has 1 fully saturated rings. The van der Waals surface area contributed by atoms with Gasteiger partial charge in [-0.25, -0.2) is 0 Å². The summed E-state index contributed by atoms with van der Waals surface area (Å²) in [5, 5.41) is 9.68. The molecule has 1 heterocycles. The lowest BCUT2D eigenvalue weighted by Gasteiger charge is -2.32. The number of likely N-dealkylation sites (tertiary alicyclic amines) is 1. The van der Waals surface area contributed by atoms with Crippen LogP contribution in [0.2, 0.25) is 0 Å². The Morgan fingerprint density at radius 2 is 2.00 bits per heavy atom. The number of rotatable bonds is 7. The number of amides is 1. The molecule has 1 aromatic rings. The maximum atomic E-state index is 12.1. The summed E-state index contributed by atoms with van der Waals surface area (Å²) < 4.78 is 0.901. The van der Waals surface area contributed by atoms with Crippen molar-refractivity contribution in [2.75, 3.05) is 39.8 Å². The molecule has 0 bridgehead atoms.